The highest BCUT2D eigenvalue weighted by atomic mass is 32.2. The van der Waals surface area contributed by atoms with E-state index in [1.54, 1.807) is 36.0 Å². The molecule has 0 spiro atoms. The summed E-state index contributed by atoms with van der Waals surface area (Å²) in [5.41, 5.74) is 9.41. The molecule has 6 heteroatoms. The Morgan fingerprint density at radius 2 is 1.71 bits per heavy atom. The lowest BCUT2D eigenvalue weighted by molar-refractivity contribution is 0.101. The Kier molecular flexibility index (Phi) is 7.27. The second kappa shape index (κ2) is 9.26. The monoisotopic (exact) mass is 399 g/mol. The van der Waals surface area contributed by atoms with E-state index in [-0.39, 0.29) is 17.1 Å². The molecule has 0 radical (unpaired) electrons. The molecule has 0 aromatic heterocycles. The van der Waals surface area contributed by atoms with E-state index in [4.69, 9.17) is 5.73 Å². The number of rotatable bonds is 7. The van der Waals surface area contributed by atoms with E-state index >= 15 is 0 Å². The van der Waals surface area contributed by atoms with Crippen LogP contribution in [0.4, 0.5) is 11.4 Å². The summed E-state index contributed by atoms with van der Waals surface area (Å²) in [7, 11) is 1.87. The Hall–Kier alpha value is -2.31. The minimum absolute atomic E-state index is 0.0685. The third kappa shape index (κ3) is 5.36. The van der Waals surface area contributed by atoms with Crippen molar-refractivity contribution in [3.05, 3.63) is 53.1 Å². The lowest BCUT2D eigenvalue weighted by atomic mass is 9.86. The summed E-state index contributed by atoms with van der Waals surface area (Å²) in [5, 5.41) is 6.27. The van der Waals surface area contributed by atoms with Gasteiger partial charge in [-0.05, 0) is 42.2 Å². The summed E-state index contributed by atoms with van der Waals surface area (Å²) in [6, 6.07) is 10.9. The third-order valence-electron chi connectivity index (χ3n) is 4.37. The maximum absolute atomic E-state index is 12.9. The van der Waals surface area contributed by atoms with Gasteiger partial charge in [-0.25, -0.2) is 0 Å². The first kappa shape index (κ1) is 22.0. The first-order valence-electron chi connectivity index (χ1n) is 9.29. The summed E-state index contributed by atoms with van der Waals surface area (Å²) in [4.78, 5) is 25.5. The number of hydrogen-bond donors (Lipinski definition) is 3. The molecule has 0 atom stereocenters. The molecule has 0 saturated carbocycles. The molecule has 2 aromatic rings. The Morgan fingerprint density at radius 1 is 1.07 bits per heavy atom. The number of ketones is 1. The lowest BCUT2D eigenvalue weighted by Crippen LogP contribution is -2.17. The van der Waals surface area contributed by atoms with Gasteiger partial charge < -0.3 is 16.4 Å². The molecule has 0 aliphatic carbocycles. The number of nitrogens with one attached hydrogen (secondary N) is 2. The van der Waals surface area contributed by atoms with Crippen molar-refractivity contribution >= 4 is 34.8 Å². The fourth-order valence-electron chi connectivity index (χ4n) is 2.73. The normalized spacial score (nSPS) is 11.2. The molecule has 4 N–H and O–H groups in total. The van der Waals surface area contributed by atoms with Gasteiger partial charge in [-0.2, -0.15) is 0 Å². The van der Waals surface area contributed by atoms with Crippen molar-refractivity contribution in [1.29, 1.82) is 0 Å². The summed E-state index contributed by atoms with van der Waals surface area (Å²) in [5.74, 6) is 0.429. The van der Waals surface area contributed by atoms with Gasteiger partial charge in [0.1, 0.15) is 0 Å². The van der Waals surface area contributed by atoms with Gasteiger partial charge in [0, 0.05) is 36.2 Å². The van der Waals surface area contributed by atoms with Gasteiger partial charge in [-0.3, -0.25) is 9.59 Å². The number of carbonyl (C=O) groups excluding carboxylic acids is 2. The van der Waals surface area contributed by atoms with Crippen molar-refractivity contribution in [2.45, 2.75) is 38.0 Å². The van der Waals surface area contributed by atoms with E-state index < -0.39 is 0 Å². The highest BCUT2D eigenvalue weighted by Gasteiger charge is 2.20. The second-order valence-corrected chi connectivity index (χ2v) is 8.73. The molecule has 0 saturated heterocycles. The van der Waals surface area contributed by atoms with Gasteiger partial charge in [0.15, 0.2) is 5.78 Å². The molecule has 0 aliphatic heterocycles. The summed E-state index contributed by atoms with van der Waals surface area (Å²) in [6.07, 6.45) is 0. The number of amides is 1. The van der Waals surface area contributed by atoms with Gasteiger partial charge in [0.05, 0.1) is 10.6 Å². The molecule has 1 amide bonds. The molecule has 150 valence electrons. The van der Waals surface area contributed by atoms with Crippen LogP contribution in [0.25, 0.3) is 0 Å². The molecule has 0 unspecified atom stereocenters. The van der Waals surface area contributed by atoms with Crippen molar-refractivity contribution in [1.82, 2.24) is 0 Å². The SMILES string of the molecule is CNc1cc(C(C)(C)C)cc(NC(=O)c2cccc(C(C)=O)c2)c1SCCN. The van der Waals surface area contributed by atoms with E-state index in [0.29, 0.717) is 17.7 Å². The van der Waals surface area contributed by atoms with Gasteiger partial charge >= 0.3 is 0 Å². The maximum Gasteiger partial charge on any atom is 0.255 e. The van der Waals surface area contributed by atoms with Gasteiger partial charge in [-0.15, -0.1) is 11.8 Å². The van der Waals surface area contributed by atoms with E-state index in [9.17, 15) is 9.59 Å². The molecule has 5 nitrogen and oxygen atoms in total. The standard InChI is InChI=1S/C22H29N3O2S/c1-14(26)15-7-6-8-16(11-15)21(27)25-19-13-17(22(2,3)4)12-18(24-5)20(19)28-10-9-23/h6-8,11-13,24H,9-10,23H2,1-5H3,(H,25,27). The number of benzene rings is 2. The number of Topliss-reactive ketones (excluding diaryl/α,β-unsaturated/α-hetero) is 1. The lowest BCUT2D eigenvalue weighted by Gasteiger charge is -2.24. The van der Waals surface area contributed by atoms with Crippen LogP contribution in [0.3, 0.4) is 0 Å². The van der Waals surface area contributed by atoms with Crippen LogP contribution >= 0.6 is 11.8 Å². The van der Waals surface area contributed by atoms with E-state index in [1.807, 2.05) is 13.1 Å². The number of thioether (sulfide) groups is 1. The average Bonchev–Trinajstić information content (AvgIpc) is 2.65. The molecular formula is C22H29N3O2S. The Labute approximate surface area is 171 Å². The molecule has 0 aliphatic rings. The maximum atomic E-state index is 12.9. The zero-order chi connectivity index (χ0) is 20.9. The van der Waals surface area contributed by atoms with Crippen LogP contribution in [0.2, 0.25) is 0 Å². The average molecular weight is 400 g/mol. The Balaban J connectivity index is 2.47. The van der Waals surface area contributed by atoms with Crippen molar-refractivity contribution in [3.8, 4) is 0 Å². The molecule has 0 fully saturated rings. The van der Waals surface area contributed by atoms with Crippen molar-refractivity contribution in [2.24, 2.45) is 5.73 Å². The quantitative estimate of drug-likeness (QED) is 0.470. The van der Waals surface area contributed by atoms with Crippen molar-refractivity contribution in [2.75, 3.05) is 30.0 Å². The van der Waals surface area contributed by atoms with Crippen LogP contribution in [-0.2, 0) is 5.41 Å². The summed E-state index contributed by atoms with van der Waals surface area (Å²) in [6.45, 7) is 8.44. The number of hydrogen-bond acceptors (Lipinski definition) is 5. The Bertz CT molecular complexity index is 873. The van der Waals surface area contributed by atoms with Crippen molar-refractivity contribution in [3.63, 3.8) is 0 Å². The molecule has 28 heavy (non-hydrogen) atoms. The summed E-state index contributed by atoms with van der Waals surface area (Å²) < 4.78 is 0. The molecular weight excluding hydrogens is 370 g/mol. The van der Waals surface area contributed by atoms with Crippen LogP contribution in [0, 0.1) is 0 Å². The van der Waals surface area contributed by atoms with Crippen LogP contribution in [0.5, 0.6) is 0 Å². The predicted octanol–water partition coefficient (Wildman–Crippen LogP) is 4.53. The highest BCUT2D eigenvalue weighted by molar-refractivity contribution is 7.99. The van der Waals surface area contributed by atoms with Crippen LogP contribution in [0.15, 0.2) is 41.3 Å². The fraction of sp³-hybridized carbons (Fsp3) is 0.364. The van der Waals surface area contributed by atoms with Gasteiger partial charge in [0.25, 0.3) is 5.91 Å². The molecule has 0 bridgehead atoms. The Morgan fingerprint density at radius 3 is 2.29 bits per heavy atom. The number of nitrogens with two attached hydrogens (primary N) is 1. The van der Waals surface area contributed by atoms with Crippen LogP contribution in [0.1, 0.15) is 54.0 Å². The highest BCUT2D eigenvalue weighted by Crippen LogP contribution is 2.39. The van der Waals surface area contributed by atoms with E-state index in [2.05, 4.69) is 37.5 Å². The number of anilines is 2. The number of carbonyl (C=O) groups is 2. The zero-order valence-electron chi connectivity index (χ0n) is 17.2. The minimum atomic E-state index is -0.245. The van der Waals surface area contributed by atoms with E-state index in [1.165, 1.54) is 6.92 Å². The first-order chi connectivity index (χ1) is 13.2. The van der Waals surface area contributed by atoms with Crippen molar-refractivity contribution < 1.29 is 9.59 Å². The van der Waals surface area contributed by atoms with Gasteiger partial charge in [0.2, 0.25) is 0 Å². The van der Waals surface area contributed by atoms with Crippen LogP contribution < -0.4 is 16.4 Å². The first-order valence-corrected chi connectivity index (χ1v) is 10.3. The molecule has 2 aromatic carbocycles. The summed E-state index contributed by atoms with van der Waals surface area (Å²) >= 11 is 1.61. The second-order valence-electron chi connectivity index (χ2n) is 7.63. The smallest absolute Gasteiger partial charge is 0.255 e. The van der Waals surface area contributed by atoms with Gasteiger partial charge in [-0.1, -0.05) is 32.9 Å². The minimum Gasteiger partial charge on any atom is -0.387 e. The molecule has 2 rings (SSSR count). The van der Waals surface area contributed by atoms with E-state index in [0.717, 1.165) is 27.6 Å². The zero-order valence-corrected chi connectivity index (χ0v) is 18.0. The topological polar surface area (TPSA) is 84.2 Å². The third-order valence-corrected chi connectivity index (χ3v) is 5.54. The fourth-order valence-corrected chi connectivity index (χ4v) is 3.63. The predicted molar refractivity (Wildman–Crippen MR) is 119 cm³/mol. The largest absolute Gasteiger partial charge is 0.387 e. The van der Waals surface area contributed by atoms with Crippen LogP contribution in [-0.4, -0.2) is 31.0 Å². The molecule has 0 heterocycles.